The first-order valence-electron chi connectivity index (χ1n) is 6.03. The summed E-state index contributed by atoms with van der Waals surface area (Å²) in [6.07, 6.45) is 4.43. The number of carbonyl (C=O) groups excluding carboxylic acids is 1. The Morgan fingerprint density at radius 2 is 2.32 bits per heavy atom. The molecule has 0 unspecified atom stereocenters. The average molecular weight is 265 g/mol. The van der Waals surface area contributed by atoms with Crippen LogP contribution in [0.1, 0.15) is 18.4 Å². The highest BCUT2D eigenvalue weighted by atomic mass is 19.1. The molecule has 0 aliphatic heterocycles. The fourth-order valence-electron chi connectivity index (χ4n) is 1.73. The maximum Gasteiger partial charge on any atom is 0.244 e. The molecule has 0 radical (unpaired) electrons. The first-order chi connectivity index (χ1) is 9.08. The third-order valence-electron chi connectivity index (χ3n) is 3.15. The molecule has 1 amide bonds. The Morgan fingerprint density at radius 1 is 1.58 bits per heavy atom. The molecule has 5 heteroatoms. The molecule has 0 saturated heterocycles. The molecule has 0 bridgehead atoms. The number of aliphatic hydroxyl groups excluding tert-OH is 1. The zero-order valence-electron chi connectivity index (χ0n) is 10.6. The summed E-state index contributed by atoms with van der Waals surface area (Å²) in [5.74, 6) is -0.597. The van der Waals surface area contributed by atoms with Crippen molar-refractivity contribution >= 4 is 12.0 Å². The van der Waals surface area contributed by atoms with E-state index in [1.807, 2.05) is 0 Å². The van der Waals surface area contributed by atoms with Crippen LogP contribution in [0.25, 0.3) is 6.08 Å². The number of halogens is 1. The Labute approximate surface area is 110 Å². The van der Waals surface area contributed by atoms with E-state index < -0.39 is 11.4 Å². The minimum Gasteiger partial charge on any atom is -0.494 e. The molecule has 0 atom stereocenters. The summed E-state index contributed by atoms with van der Waals surface area (Å²) in [4.78, 5) is 11.6. The van der Waals surface area contributed by atoms with Crippen LogP contribution in [-0.4, -0.2) is 30.3 Å². The molecule has 1 fully saturated rings. The number of nitrogens with one attached hydrogen (secondary N) is 1. The number of benzene rings is 1. The van der Waals surface area contributed by atoms with Crippen LogP contribution in [-0.2, 0) is 4.79 Å². The summed E-state index contributed by atoms with van der Waals surface area (Å²) in [6.45, 7) is -0.0518. The van der Waals surface area contributed by atoms with E-state index in [1.165, 1.54) is 31.4 Å². The predicted molar refractivity (Wildman–Crippen MR) is 69.2 cm³/mol. The van der Waals surface area contributed by atoms with Gasteiger partial charge in [-0.2, -0.15) is 0 Å². The van der Waals surface area contributed by atoms with Gasteiger partial charge in [0.25, 0.3) is 0 Å². The number of methoxy groups -OCH3 is 1. The first kappa shape index (κ1) is 13.5. The van der Waals surface area contributed by atoms with Gasteiger partial charge in [-0.25, -0.2) is 4.39 Å². The quantitative estimate of drug-likeness (QED) is 0.793. The zero-order valence-corrected chi connectivity index (χ0v) is 10.6. The number of amides is 1. The molecule has 4 nitrogen and oxygen atoms in total. The summed E-state index contributed by atoms with van der Waals surface area (Å²) < 4.78 is 18.2. The summed E-state index contributed by atoms with van der Waals surface area (Å²) in [5.41, 5.74) is 0.134. The fraction of sp³-hybridized carbons (Fsp3) is 0.357. The molecule has 2 N–H and O–H groups in total. The SMILES string of the molecule is COc1ccc(/C=C/C(=O)NC2(CO)CC2)cc1F. The number of rotatable bonds is 5. The van der Waals surface area contributed by atoms with Crippen molar-refractivity contribution in [1.29, 1.82) is 0 Å². The first-order valence-corrected chi connectivity index (χ1v) is 6.03. The lowest BCUT2D eigenvalue weighted by atomic mass is 10.2. The van der Waals surface area contributed by atoms with Gasteiger partial charge in [0.15, 0.2) is 11.6 Å². The van der Waals surface area contributed by atoms with Crippen molar-refractivity contribution in [3.8, 4) is 5.75 Å². The number of ether oxygens (including phenoxy) is 1. The highest BCUT2D eigenvalue weighted by Gasteiger charge is 2.42. The van der Waals surface area contributed by atoms with Gasteiger partial charge in [-0.3, -0.25) is 4.79 Å². The van der Waals surface area contributed by atoms with Gasteiger partial charge in [-0.15, -0.1) is 0 Å². The number of hydrogen-bond acceptors (Lipinski definition) is 3. The normalized spacial score (nSPS) is 16.4. The highest BCUT2D eigenvalue weighted by molar-refractivity contribution is 5.92. The summed E-state index contributed by atoms with van der Waals surface area (Å²) in [5, 5.41) is 11.8. The van der Waals surface area contributed by atoms with Crippen molar-refractivity contribution in [2.24, 2.45) is 0 Å². The molecule has 0 aromatic heterocycles. The topological polar surface area (TPSA) is 58.6 Å². The van der Waals surface area contributed by atoms with E-state index >= 15 is 0 Å². The highest BCUT2D eigenvalue weighted by Crippen LogP contribution is 2.34. The van der Waals surface area contributed by atoms with Gasteiger partial charge in [0.1, 0.15) is 0 Å². The average Bonchev–Trinajstić information content (AvgIpc) is 3.17. The van der Waals surface area contributed by atoms with Crippen LogP contribution in [0.2, 0.25) is 0 Å². The van der Waals surface area contributed by atoms with Gasteiger partial charge >= 0.3 is 0 Å². The lowest BCUT2D eigenvalue weighted by molar-refractivity contribution is -0.117. The van der Waals surface area contributed by atoms with Crippen molar-refractivity contribution in [3.05, 3.63) is 35.7 Å². The second-order valence-corrected chi connectivity index (χ2v) is 4.66. The standard InChI is InChI=1S/C14H16FNO3/c1-19-12-4-2-10(8-11(12)15)3-5-13(18)16-14(9-17)6-7-14/h2-5,8,17H,6-7,9H2,1H3,(H,16,18)/b5-3+. The molecule has 1 aliphatic rings. The van der Waals surface area contributed by atoms with Gasteiger partial charge in [0.2, 0.25) is 5.91 Å². The van der Waals surface area contributed by atoms with Gasteiger partial charge in [0.05, 0.1) is 19.3 Å². The Hall–Kier alpha value is -1.88. The minimum absolute atomic E-state index is 0.0518. The Morgan fingerprint density at radius 3 is 2.84 bits per heavy atom. The molecular formula is C14H16FNO3. The van der Waals surface area contributed by atoms with E-state index in [0.717, 1.165) is 12.8 Å². The van der Waals surface area contributed by atoms with Crippen molar-refractivity contribution in [2.45, 2.75) is 18.4 Å². The van der Waals surface area contributed by atoms with Crippen LogP contribution in [0, 0.1) is 5.82 Å². The Kier molecular flexibility index (Phi) is 3.85. The van der Waals surface area contributed by atoms with Gasteiger partial charge < -0.3 is 15.2 Å². The van der Waals surface area contributed by atoms with Crippen molar-refractivity contribution in [1.82, 2.24) is 5.32 Å². The largest absolute Gasteiger partial charge is 0.494 e. The van der Waals surface area contributed by atoms with Crippen molar-refractivity contribution < 1.29 is 19.0 Å². The van der Waals surface area contributed by atoms with Crippen LogP contribution in [0.4, 0.5) is 4.39 Å². The van der Waals surface area contributed by atoms with Crippen LogP contribution in [0.15, 0.2) is 24.3 Å². The molecule has 2 rings (SSSR count). The van der Waals surface area contributed by atoms with Gasteiger partial charge in [0, 0.05) is 6.08 Å². The molecule has 1 aliphatic carbocycles. The van der Waals surface area contributed by atoms with E-state index in [1.54, 1.807) is 6.07 Å². The number of hydrogen-bond donors (Lipinski definition) is 2. The third kappa shape index (κ3) is 3.32. The van der Waals surface area contributed by atoms with E-state index in [0.29, 0.717) is 5.56 Å². The lowest BCUT2D eigenvalue weighted by Crippen LogP contribution is -2.38. The zero-order chi connectivity index (χ0) is 13.9. The van der Waals surface area contributed by atoms with Crippen LogP contribution in [0.5, 0.6) is 5.75 Å². The number of carbonyl (C=O) groups is 1. The summed E-state index contributed by atoms with van der Waals surface area (Å²) in [6, 6.07) is 4.45. The van der Waals surface area contributed by atoms with E-state index in [9.17, 15) is 9.18 Å². The molecule has 19 heavy (non-hydrogen) atoms. The second-order valence-electron chi connectivity index (χ2n) is 4.66. The molecule has 1 aromatic rings. The molecule has 0 heterocycles. The van der Waals surface area contributed by atoms with Gasteiger partial charge in [-0.1, -0.05) is 6.07 Å². The van der Waals surface area contributed by atoms with Crippen molar-refractivity contribution in [3.63, 3.8) is 0 Å². The van der Waals surface area contributed by atoms with Crippen molar-refractivity contribution in [2.75, 3.05) is 13.7 Å². The second kappa shape index (κ2) is 5.40. The predicted octanol–water partition coefficient (Wildman–Crippen LogP) is 1.49. The smallest absolute Gasteiger partial charge is 0.244 e. The third-order valence-corrected chi connectivity index (χ3v) is 3.15. The fourth-order valence-corrected chi connectivity index (χ4v) is 1.73. The van der Waals surface area contributed by atoms with E-state index in [2.05, 4.69) is 5.32 Å². The maximum absolute atomic E-state index is 13.4. The minimum atomic E-state index is -0.473. The Bertz CT molecular complexity index is 509. The van der Waals surface area contributed by atoms with Gasteiger partial charge in [-0.05, 0) is 36.6 Å². The monoisotopic (exact) mass is 265 g/mol. The Balaban J connectivity index is 1.98. The van der Waals surface area contributed by atoms with E-state index in [-0.39, 0.29) is 18.3 Å². The van der Waals surface area contributed by atoms with E-state index in [4.69, 9.17) is 9.84 Å². The van der Waals surface area contributed by atoms with Crippen LogP contribution >= 0.6 is 0 Å². The summed E-state index contributed by atoms with van der Waals surface area (Å²) >= 11 is 0. The molecule has 0 spiro atoms. The number of aliphatic hydroxyl groups is 1. The molecule has 1 saturated carbocycles. The molecule has 102 valence electrons. The van der Waals surface area contributed by atoms with Crippen LogP contribution < -0.4 is 10.1 Å². The molecular weight excluding hydrogens is 249 g/mol. The lowest BCUT2D eigenvalue weighted by Gasteiger charge is -2.11. The maximum atomic E-state index is 13.4. The molecule has 1 aromatic carbocycles. The summed E-state index contributed by atoms with van der Waals surface area (Å²) in [7, 11) is 1.39. The van der Waals surface area contributed by atoms with Crippen LogP contribution in [0.3, 0.4) is 0 Å².